The van der Waals surface area contributed by atoms with Crippen molar-refractivity contribution in [1.82, 2.24) is 4.90 Å². The number of rotatable bonds is 8. The maximum absolute atomic E-state index is 6.23. The monoisotopic (exact) mass is 328 g/mol. The van der Waals surface area contributed by atoms with Gasteiger partial charge in [-0.2, -0.15) is 0 Å². The van der Waals surface area contributed by atoms with Gasteiger partial charge in [0.15, 0.2) is 0 Å². The highest BCUT2D eigenvalue weighted by molar-refractivity contribution is 9.10. The average Bonchev–Trinajstić information content (AvgIpc) is 2.36. The fourth-order valence-electron chi connectivity index (χ4n) is 1.85. The van der Waals surface area contributed by atoms with Gasteiger partial charge in [-0.15, -0.1) is 0 Å². The maximum Gasteiger partial charge on any atom is 0.0596 e. The molecule has 1 unspecified atom stereocenters. The van der Waals surface area contributed by atoms with E-state index in [9.17, 15) is 0 Å². The molecule has 0 spiro atoms. The van der Waals surface area contributed by atoms with Crippen molar-refractivity contribution >= 4 is 15.9 Å². The molecule has 2 N–H and O–H groups in total. The van der Waals surface area contributed by atoms with Gasteiger partial charge in [0.2, 0.25) is 0 Å². The molecule has 19 heavy (non-hydrogen) atoms. The van der Waals surface area contributed by atoms with Crippen molar-refractivity contribution in [3.05, 3.63) is 34.3 Å². The van der Waals surface area contributed by atoms with E-state index in [2.05, 4.69) is 47.8 Å². The molecule has 0 bridgehead atoms. The van der Waals surface area contributed by atoms with Crippen LogP contribution < -0.4 is 5.73 Å². The third-order valence-electron chi connectivity index (χ3n) is 3.05. The highest BCUT2D eigenvalue weighted by Crippen LogP contribution is 2.23. The summed E-state index contributed by atoms with van der Waals surface area (Å²) < 4.78 is 6.63. The van der Waals surface area contributed by atoms with E-state index < -0.39 is 0 Å². The molecule has 4 heteroatoms. The molecule has 1 rings (SSSR count). The molecule has 1 aromatic carbocycles. The molecule has 0 aliphatic heterocycles. The Hall–Kier alpha value is -0.420. The van der Waals surface area contributed by atoms with Gasteiger partial charge in [-0.05, 0) is 45.5 Å². The number of ether oxygens (including phenoxy) is 1. The minimum atomic E-state index is 0.0732. The lowest BCUT2D eigenvalue weighted by molar-refractivity contribution is 0.0634. The number of hydrogen-bond acceptors (Lipinski definition) is 3. The number of nitrogens with zero attached hydrogens (tertiary/aromatic N) is 1. The summed E-state index contributed by atoms with van der Waals surface area (Å²) in [7, 11) is 2.11. The number of nitrogens with two attached hydrogens (primary N) is 1. The molecule has 1 atom stereocenters. The van der Waals surface area contributed by atoms with E-state index >= 15 is 0 Å². The third-order valence-corrected chi connectivity index (χ3v) is 3.77. The second-order valence-electron chi connectivity index (χ2n) is 5.14. The van der Waals surface area contributed by atoms with Crippen LogP contribution in [0, 0.1) is 0 Å². The van der Waals surface area contributed by atoms with E-state index in [0.717, 1.165) is 30.6 Å². The Morgan fingerprint density at radius 2 is 1.95 bits per heavy atom. The Balaban J connectivity index is 2.30. The SMILES string of the molecule is CC(C)OCCN(C)CCC(N)c1ccccc1Br. The summed E-state index contributed by atoms with van der Waals surface area (Å²) in [6.45, 7) is 6.81. The van der Waals surface area contributed by atoms with Crippen LogP contribution in [-0.2, 0) is 4.74 Å². The van der Waals surface area contributed by atoms with Gasteiger partial charge in [-0.3, -0.25) is 0 Å². The standard InChI is InChI=1S/C15H25BrN2O/c1-12(2)19-11-10-18(3)9-8-15(17)13-6-4-5-7-14(13)16/h4-7,12,15H,8-11,17H2,1-3H3. The van der Waals surface area contributed by atoms with Crippen molar-refractivity contribution in [2.75, 3.05) is 26.7 Å². The number of halogens is 1. The summed E-state index contributed by atoms with van der Waals surface area (Å²) in [5.74, 6) is 0. The summed E-state index contributed by atoms with van der Waals surface area (Å²) in [4.78, 5) is 2.26. The summed E-state index contributed by atoms with van der Waals surface area (Å²) in [6, 6.07) is 8.23. The van der Waals surface area contributed by atoms with Crippen LogP contribution in [0.15, 0.2) is 28.7 Å². The predicted octanol–water partition coefficient (Wildman–Crippen LogP) is 3.20. The summed E-state index contributed by atoms with van der Waals surface area (Å²) in [6.07, 6.45) is 1.25. The lowest BCUT2D eigenvalue weighted by atomic mass is 10.0. The molecule has 0 saturated heterocycles. The molecule has 0 aromatic heterocycles. The first kappa shape index (κ1) is 16.6. The first-order chi connectivity index (χ1) is 9.00. The van der Waals surface area contributed by atoms with E-state index in [1.165, 1.54) is 5.56 Å². The third kappa shape index (κ3) is 6.52. The minimum absolute atomic E-state index is 0.0732. The molecule has 0 aliphatic carbocycles. The van der Waals surface area contributed by atoms with Crippen molar-refractivity contribution < 1.29 is 4.74 Å². The highest BCUT2D eigenvalue weighted by Gasteiger charge is 2.10. The lowest BCUT2D eigenvalue weighted by Crippen LogP contribution is -2.27. The van der Waals surface area contributed by atoms with E-state index in [4.69, 9.17) is 10.5 Å². The van der Waals surface area contributed by atoms with Gasteiger partial charge in [0.1, 0.15) is 0 Å². The maximum atomic E-state index is 6.23. The van der Waals surface area contributed by atoms with Gasteiger partial charge in [0.05, 0.1) is 12.7 Å². The van der Waals surface area contributed by atoms with Crippen LogP contribution in [0.5, 0.6) is 0 Å². The zero-order valence-electron chi connectivity index (χ0n) is 12.1. The fourth-order valence-corrected chi connectivity index (χ4v) is 2.43. The van der Waals surface area contributed by atoms with Crippen molar-refractivity contribution in [3.63, 3.8) is 0 Å². The van der Waals surface area contributed by atoms with E-state index in [-0.39, 0.29) is 6.04 Å². The first-order valence-electron chi connectivity index (χ1n) is 6.81. The molecule has 0 amide bonds. The second-order valence-corrected chi connectivity index (χ2v) is 5.99. The van der Waals surface area contributed by atoms with Gasteiger partial charge < -0.3 is 15.4 Å². The van der Waals surface area contributed by atoms with E-state index in [1.807, 2.05) is 18.2 Å². The molecule has 1 aromatic rings. The predicted molar refractivity (Wildman–Crippen MR) is 84.3 cm³/mol. The zero-order chi connectivity index (χ0) is 14.3. The molecule has 0 saturated carbocycles. The smallest absolute Gasteiger partial charge is 0.0596 e. The summed E-state index contributed by atoms with van der Waals surface area (Å²) in [5.41, 5.74) is 7.41. The molecular weight excluding hydrogens is 304 g/mol. The molecule has 0 heterocycles. The lowest BCUT2D eigenvalue weighted by Gasteiger charge is -2.20. The largest absolute Gasteiger partial charge is 0.377 e. The molecule has 0 radical (unpaired) electrons. The van der Waals surface area contributed by atoms with Gasteiger partial charge in [0, 0.05) is 17.1 Å². The van der Waals surface area contributed by atoms with Crippen LogP contribution in [0.25, 0.3) is 0 Å². The van der Waals surface area contributed by atoms with Crippen molar-refractivity contribution in [3.8, 4) is 0 Å². The van der Waals surface area contributed by atoms with E-state index in [0.29, 0.717) is 6.10 Å². The second kappa shape index (κ2) is 8.69. The molecular formula is C15H25BrN2O. The molecule has 0 fully saturated rings. The zero-order valence-corrected chi connectivity index (χ0v) is 13.7. The summed E-state index contributed by atoms with van der Waals surface area (Å²) >= 11 is 3.55. The van der Waals surface area contributed by atoms with Gasteiger partial charge in [-0.1, -0.05) is 34.1 Å². The number of hydrogen-bond donors (Lipinski definition) is 1. The average molecular weight is 329 g/mol. The van der Waals surface area contributed by atoms with Crippen LogP contribution in [0.4, 0.5) is 0 Å². The summed E-state index contributed by atoms with van der Waals surface area (Å²) in [5, 5.41) is 0. The van der Waals surface area contributed by atoms with Gasteiger partial charge >= 0.3 is 0 Å². The van der Waals surface area contributed by atoms with Crippen molar-refractivity contribution in [2.24, 2.45) is 5.73 Å². The van der Waals surface area contributed by atoms with Crippen LogP contribution in [0.3, 0.4) is 0 Å². The minimum Gasteiger partial charge on any atom is -0.377 e. The Morgan fingerprint density at radius 3 is 2.58 bits per heavy atom. The van der Waals surface area contributed by atoms with Gasteiger partial charge in [0.25, 0.3) is 0 Å². The quantitative estimate of drug-likeness (QED) is 0.796. The Morgan fingerprint density at radius 1 is 1.26 bits per heavy atom. The van der Waals surface area contributed by atoms with E-state index in [1.54, 1.807) is 0 Å². The van der Waals surface area contributed by atoms with Crippen LogP contribution in [0.2, 0.25) is 0 Å². The van der Waals surface area contributed by atoms with Crippen molar-refractivity contribution in [1.29, 1.82) is 0 Å². The number of likely N-dealkylation sites (N-methyl/N-ethyl adjacent to an activating group) is 1. The molecule has 3 nitrogen and oxygen atoms in total. The Labute approximate surface area is 125 Å². The van der Waals surface area contributed by atoms with Crippen LogP contribution in [-0.4, -0.2) is 37.7 Å². The Bertz CT molecular complexity index is 371. The molecule has 0 aliphatic rings. The number of benzene rings is 1. The highest BCUT2D eigenvalue weighted by atomic mass is 79.9. The Kier molecular flexibility index (Phi) is 7.61. The fraction of sp³-hybridized carbons (Fsp3) is 0.600. The molecule has 108 valence electrons. The van der Waals surface area contributed by atoms with Crippen LogP contribution in [0.1, 0.15) is 31.9 Å². The topological polar surface area (TPSA) is 38.5 Å². The van der Waals surface area contributed by atoms with Gasteiger partial charge in [-0.25, -0.2) is 0 Å². The van der Waals surface area contributed by atoms with Crippen LogP contribution >= 0.6 is 15.9 Å². The van der Waals surface area contributed by atoms with Crippen molar-refractivity contribution in [2.45, 2.75) is 32.4 Å². The first-order valence-corrected chi connectivity index (χ1v) is 7.60. The normalized spacial score (nSPS) is 13.2.